The van der Waals surface area contributed by atoms with E-state index < -0.39 is 18.3 Å². The lowest BCUT2D eigenvalue weighted by atomic mass is 10.1. The molecule has 2 aliphatic heterocycles. The number of hydrogen-bond donors (Lipinski definition) is 0. The SMILES string of the molecule is O=C(c1ccccc1)N(F)[C@@H]1C[C@H]2CN(c3ccc(OC(F)(F)F)cc3)C(=O)N2C1. The van der Waals surface area contributed by atoms with Crippen LogP contribution in [0.1, 0.15) is 16.8 Å². The third-order valence-corrected chi connectivity index (χ3v) is 5.18. The van der Waals surface area contributed by atoms with Crippen molar-refractivity contribution >= 4 is 17.6 Å². The number of alkyl halides is 3. The molecule has 30 heavy (non-hydrogen) atoms. The topological polar surface area (TPSA) is 53.1 Å². The van der Waals surface area contributed by atoms with Gasteiger partial charge in [-0.3, -0.25) is 9.69 Å². The molecule has 2 aliphatic rings. The number of halogens is 4. The molecule has 2 fully saturated rings. The van der Waals surface area contributed by atoms with E-state index in [-0.39, 0.29) is 48.0 Å². The normalized spacial score (nSPS) is 21.0. The first-order valence-electron chi connectivity index (χ1n) is 9.21. The van der Waals surface area contributed by atoms with Crippen molar-refractivity contribution in [3.63, 3.8) is 0 Å². The fraction of sp³-hybridized carbons (Fsp3) is 0.300. The summed E-state index contributed by atoms with van der Waals surface area (Å²) in [6.45, 7) is 0.298. The van der Waals surface area contributed by atoms with Crippen LogP contribution >= 0.6 is 0 Å². The minimum Gasteiger partial charge on any atom is -0.406 e. The Morgan fingerprint density at radius 2 is 1.70 bits per heavy atom. The summed E-state index contributed by atoms with van der Waals surface area (Å²) in [5, 5.41) is 0.175. The largest absolute Gasteiger partial charge is 0.573 e. The van der Waals surface area contributed by atoms with Gasteiger partial charge in [0.05, 0.1) is 12.1 Å². The molecule has 6 nitrogen and oxygen atoms in total. The molecular weight excluding hydrogens is 406 g/mol. The summed E-state index contributed by atoms with van der Waals surface area (Å²) in [4.78, 5) is 27.9. The van der Waals surface area contributed by atoms with Crippen LogP contribution in [0.2, 0.25) is 0 Å². The van der Waals surface area contributed by atoms with E-state index in [2.05, 4.69) is 4.74 Å². The molecule has 0 unspecified atom stereocenters. The Balaban J connectivity index is 1.40. The van der Waals surface area contributed by atoms with E-state index in [1.54, 1.807) is 18.2 Å². The molecule has 3 amide bonds. The first kappa shape index (κ1) is 20.0. The van der Waals surface area contributed by atoms with E-state index in [9.17, 15) is 27.2 Å². The number of hydrogen-bond acceptors (Lipinski definition) is 3. The van der Waals surface area contributed by atoms with E-state index in [0.29, 0.717) is 5.69 Å². The molecule has 2 aromatic rings. The monoisotopic (exact) mass is 423 g/mol. The predicted octanol–water partition coefficient (Wildman–Crippen LogP) is 4.00. The van der Waals surface area contributed by atoms with Crippen LogP contribution in [0, 0.1) is 0 Å². The molecule has 158 valence electrons. The molecule has 0 aromatic heterocycles. The van der Waals surface area contributed by atoms with Crippen LogP contribution in [-0.4, -0.2) is 53.5 Å². The Labute approximate surface area is 169 Å². The number of benzene rings is 2. The molecular formula is C20H17F4N3O3. The zero-order valence-electron chi connectivity index (χ0n) is 15.6. The Morgan fingerprint density at radius 3 is 2.30 bits per heavy atom. The van der Waals surface area contributed by atoms with E-state index >= 15 is 0 Å². The van der Waals surface area contributed by atoms with Crippen molar-refractivity contribution in [2.24, 2.45) is 0 Å². The maximum Gasteiger partial charge on any atom is 0.573 e. The second-order valence-electron chi connectivity index (χ2n) is 7.11. The third kappa shape index (κ3) is 3.89. The summed E-state index contributed by atoms with van der Waals surface area (Å²) in [6.07, 6.45) is -4.52. The lowest BCUT2D eigenvalue weighted by molar-refractivity contribution is -0.274. The molecule has 10 heteroatoms. The van der Waals surface area contributed by atoms with E-state index in [4.69, 9.17) is 0 Å². The Morgan fingerprint density at radius 1 is 1.03 bits per heavy atom. The predicted molar refractivity (Wildman–Crippen MR) is 98.5 cm³/mol. The van der Waals surface area contributed by atoms with Crippen molar-refractivity contribution in [2.75, 3.05) is 18.0 Å². The molecule has 2 aromatic carbocycles. The van der Waals surface area contributed by atoms with Crippen LogP contribution in [0.3, 0.4) is 0 Å². The average Bonchev–Trinajstić information content (AvgIpc) is 3.26. The van der Waals surface area contributed by atoms with Crippen molar-refractivity contribution in [3.05, 3.63) is 60.2 Å². The van der Waals surface area contributed by atoms with Crippen molar-refractivity contribution in [1.29, 1.82) is 0 Å². The lowest BCUT2D eigenvalue weighted by Gasteiger charge is -2.22. The molecule has 0 radical (unpaired) electrons. The fourth-order valence-corrected chi connectivity index (χ4v) is 3.82. The number of carbonyl (C=O) groups excluding carboxylic acids is 2. The maximum absolute atomic E-state index is 14.6. The van der Waals surface area contributed by atoms with Gasteiger partial charge in [0, 0.05) is 24.3 Å². The highest BCUT2D eigenvalue weighted by Gasteiger charge is 2.47. The zero-order chi connectivity index (χ0) is 21.5. The number of fused-ring (bicyclic) bond motifs is 1. The first-order chi connectivity index (χ1) is 14.2. The first-order valence-corrected chi connectivity index (χ1v) is 9.21. The van der Waals surface area contributed by atoms with Gasteiger partial charge in [-0.25, -0.2) is 4.79 Å². The van der Waals surface area contributed by atoms with Gasteiger partial charge in [-0.05, 0) is 42.8 Å². The number of urea groups is 1. The van der Waals surface area contributed by atoms with Crippen molar-refractivity contribution in [2.45, 2.75) is 24.9 Å². The Bertz CT molecular complexity index is 937. The molecule has 2 heterocycles. The highest BCUT2D eigenvalue weighted by molar-refractivity contribution is 5.96. The van der Waals surface area contributed by atoms with Gasteiger partial charge in [0.15, 0.2) is 0 Å². The second kappa shape index (κ2) is 7.51. The molecule has 4 rings (SSSR count). The van der Waals surface area contributed by atoms with Gasteiger partial charge in [0.1, 0.15) is 5.75 Å². The van der Waals surface area contributed by atoms with Crippen LogP contribution < -0.4 is 9.64 Å². The summed E-state index contributed by atoms with van der Waals surface area (Å²) in [5.74, 6) is -1.14. The van der Waals surface area contributed by atoms with Gasteiger partial charge in [-0.1, -0.05) is 22.7 Å². The van der Waals surface area contributed by atoms with Crippen molar-refractivity contribution in [1.82, 2.24) is 10.0 Å². The van der Waals surface area contributed by atoms with Crippen LogP contribution in [0.5, 0.6) is 5.75 Å². The highest BCUT2D eigenvalue weighted by atomic mass is 19.4. The van der Waals surface area contributed by atoms with Gasteiger partial charge in [-0.15, -0.1) is 13.2 Å². The van der Waals surface area contributed by atoms with Crippen molar-refractivity contribution < 1.29 is 32.0 Å². The van der Waals surface area contributed by atoms with Gasteiger partial charge in [0.2, 0.25) is 0 Å². The number of nitrogens with zero attached hydrogens (tertiary/aromatic N) is 3. The van der Waals surface area contributed by atoms with Crippen molar-refractivity contribution in [3.8, 4) is 5.75 Å². The van der Waals surface area contributed by atoms with Crippen LogP contribution in [0.4, 0.5) is 28.1 Å². The molecule has 0 spiro atoms. The van der Waals surface area contributed by atoms with Gasteiger partial charge < -0.3 is 9.64 Å². The summed E-state index contributed by atoms with van der Waals surface area (Å²) >= 11 is 0. The van der Waals surface area contributed by atoms with Crippen LogP contribution in [0.15, 0.2) is 54.6 Å². The van der Waals surface area contributed by atoms with E-state index in [1.165, 1.54) is 34.1 Å². The molecule has 0 aliphatic carbocycles. The highest BCUT2D eigenvalue weighted by Crippen LogP contribution is 2.34. The van der Waals surface area contributed by atoms with Gasteiger partial charge in [-0.2, -0.15) is 5.12 Å². The molecule has 2 saturated heterocycles. The second-order valence-corrected chi connectivity index (χ2v) is 7.11. The Kier molecular flexibility index (Phi) is 5.00. The fourth-order valence-electron chi connectivity index (χ4n) is 3.82. The minimum atomic E-state index is -4.79. The summed E-state index contributed by atoms with van der Waals surface area (Å²) in [5.41, 5.74) is 0.638. The zero-order valence-corrected chi connectivity index (χ0v) is 15.6. The Hall–Kier alpha value is -3.30. The van der Waals surface area contributed by atoms with E-state index in [1.807, 2.05) is 0 Å². The van der Waals surface area contributed by atoms with E-state index in [0.717, 1.165) is 12.1 Å². The quantitative estimate of drug-likeness (QED) is 0.552. The number of ether oxygens (including phenoxy) is 1. The smallest absolute Gasteiger partial charge is 0.406 e. The van der Waals surface area contributed by atoms with Crippen LogP contribution in [-0.2, 0) is 0 Å². The average molecular weight is 423 g/mol. The summed E-state index contributed by atoms with van der Waals surface area (Å²) < 4.78 is 55.3. The standard InChI is InChI=1S/C20H17F4N3O3/c21-20(22,23)30-17-8-6-14(7-9-17)25-11-15-10-16(12-26(15)19(25)29)27(24)18(28)13-4-2-1-3-5-13/h1-9,15-16H,10-12H2/t15-,16+/m0/s1. The summed E-state index contributed by atoms with van der Waals surface area (Å²) in [6, 6.07) is 11.6. The van der Waals surface area contributed by atoms with Gasteiger partial charge >= 0.3 is 12.4 Å². The minimum absolute atomic E-state index is 0.0460. The number of carbonyl (C=O) groups is 2. The number of anilines is 1. The molecule has 0 bridgehead atoms. The number of rotatable bonds is 4. The maximum atomic E-state index is 14.6. The molecule has 0 N–H and O–H groups in total. The summed E-state index contributed by atoms with van der Waals surface area (Å²) in [7, 11) is 0. The lowest BCUT2D eigenvalue weighted by Crippen LogP contribution is -2.39. The van der Waals surface area contributed by atoms with Crippen LogP contribution in [0.25, 0.3) is 0 Å². The molecule has 0 saturated carbocycles. The number of amides is 3. The van der Waals surface area contributed by atoms with Gasteiger partial charge in [0.25, 0.3) is 5.91 Å². The molecule has 2 atom stereocenters. The third-order valence-electron chi connectivity index (χ3n) is 5.18.